The van der Waals surface area contributed by atoms with Crippen LogP contribution < -0.4 is 14.8 Å². The average molecular weight is 463 g/mol. The highest BCUT2D eigenvalue weighted by atomic mass is 35.5. The molecule has 3 aromatic carbocycles. The molecule has 0 unspecified atom stereocenters. The van der Waals surface area contributed by atoms with Crippen molar-refractivity contribution in [1.29, 1.82) is 0 Å². The third-order valence-electron chi connectivity index (χ3n) is 5.42. The van der Waals surface area contributed by atoms with Gasteiger partial charge in [0.25, 0.3) is 11.8 Å². The van der Waals surface area contributed by atoms with Crippen molar-refractivity contribution in [2.75, 3.05) is 19.5 Å². The molecule has 0 aliphatic carbocycles. The van der Waals surface area contributed by atoms with Crippen LogP contribution in [0.4, 0.5) is 5.69 Å². The fraction of sp³-hybridized carbons (Fsp3) is 0.154. The van der Waals surface area contributed by atoms with Crippen molar-refractivity contribution in [3.8, 4) is 11.5 Å². The maximum absolute atomic E-state index is 13.5. The zero-order valence-corrected chi connectivity index (χ0v) is 19.3. The van der Waals surface area contributed by atoms with E-state index in [-0.39, 0.29) is 18.1 Å². The lowest BCUT2D eigenvalue weighted by atomic mass is 10.0. The minimum Gasteiger partial charge on any atom is -0.497 e. The summed E-state index contributed by atoms with van der Waals surface area (Å²) in [6, 6.07) is 19.7. The van der Waals surface area contributed by atoms with Crippen LogP contribution in [0.1, 0.15) is 16.7 Å². The SMILES string of the molecule is COc1ccc(C2=C(Nc3cc(C)ccc3OC)C(=O)N(Cc3ccc(Cl)cc3)C2=O)cc1. The molecule has 168 valence electrons. The molecule has 0 atom stereocenters. The summed E-state index contributed by atoms with van der Waals surface area (Å²) >= 11 is 5.98. The normalized spacial score (nSPS) is 13.5. The molecule has 1 N–H and O–H groups in total. The highest BCUT2D eigenvalue weighted by Crippen LogP contribution is 2.35. The molecule has 3 aromatic rings. The molecule has 6 nitrogen and oxygen atoms in total. The molecular formula is C26H23ClN2O4. The van der Waals surface area contributed by atoms with Crippen LogP contribution in [0.15, 0.2) is 72.4 Å². The molecular weight excluding hydrogens is 440 g/mol. The lowest BCUT2D eigenvalue weighted by molar-refractivity contribution is -0.137. The van der Waals surface area contributed by atoms with Crippen molar-refractivity contribution in [3.05, 3.63) is 94.1 Å². The number of nitrogens with zero attached hydrogens (tertiary/aromatic N) is 1. The zero-order chi connectivity index (χ0) is 23.5. The van der Waals surface area contributed by atoms with E-state index in [2.05, 4.69) is 5.32 Å². The third kappa shape index (κ3) is 4.56. The predicted molar refractivity (Wildman–Crippen MR) is 128 cm³/mol. The van der Waals surface area contributed by atoms with Gasteiger partial charge in [-0.2, -0.15) is 0 Å². The summed E-state index contributed by atoms with van der Waals surface area (Å²) in [6.07, 6.45) is 0. The van der Waals surface area contributed by atoms with Crippen molar-refractivity contribution in [2.24, 2.45) is 0 Å². The molecule has 4 rings (SSSR count). The van der Waals surface area contributed by atoms with Crippen LogP contribution in [0.5, 0.6) is 11.5 Å². The van der Waals surface area contributed by atoms with E-state index in [4.69, 9.17) is 21.1 Å². The van der Waals surface area contributed by atoms with E-state index in [9.17, 15) is 9.59 Å². The number of ether oxygens (including phenoxy) is 2. The van der Waals surface area contributed by atoms with Gasteiger partial charge in [0.1, 0.15) is 17.2 Å². The van der Waals surface area contributed by atoms with Gasteiger partial charge in [-0.1, -0.05) is 41.9 Å². The number of halogens is 1. The molecule has 2 amide bonds. The second-order valence-electron chi connectivity index (χ2n) is 7.63. The number of carbonyl (C=O) groups excluding carboxylic acids is 2. The number of nitrogens with one attached hydrogen (secondary N) is 1. The van der Waals surface area contributed by atoms with Gasteiger partial charge in [0.15, 0.2) is 0 Å². The summed E-state index contributed by atoms with van der Waals surface area (Å²) in [5, 5.41) is 3.76. The first-order valence-electron chi connectivity index (χ1n) is 10.3. The van der Waals surface area contributed by atoms with Crippen LogP contribution in [0.3, 0.4) is 0 Å². The van der Waals surface area contributed by atoms with Gasteiger partial charge in [-0.25, -0.2) is 0 Å². The van der Waals surface area contributed by atoms with Crippen LogP contribution >= 0.6 is 11.6 Å². The zero-order valence-electron chi connectivity index (χ0n) is 18.5. The van der Waals surface area contributed by atoms with E-state index in [1.807, 2.05) is 25.1 Å². The largest absolute Gasteiger partial charge is 0.497 e. The number of carbonyl (C=O) groups is 2. The molecule has 0 bridgehead atoms. The van der Waals surface area contributed by atoms with E-state index in [0.29, 0.717) is 33.3 Å². The minimum absolute atomic E-state index is 0.130. The Labute approximate surface area is 197 Å². The number of rotatable bonds is 7. The summed E-state index contributed by atoms with van der Waals surface area (Å²) in [7, 11) is 3.13. The van der Waals surface area contributed by atoms with Crippen molar-refractivity contribution in [2.45, 2.75) is 13.5 Å². The predicted octanol–water partition coefficient (Wildman–Crippen LogP) is 5.06. The Morgan fingerprint density at radius 2 is 1.58 bits per heavy atom. The molecule has 33 heavy (non-hydrogen) atoms. The van der Waals surface area contributed by atoms with Crippen molar-refractivity contribution in [1.82, 2.24) is 4.90 Å². The van der Waals surface area contributed by atoms with E-state index >= 15 is 0 Å². The second-order valence-corrected chi connectivity index (χ2v) is 8.07. The monoisotopic (exact) mass is 462 g/mol. The van der Waals surface area contributed by atoms with Crippen LogP contribution in [-0.4, -0.2) is 30.9 Å². The number of aryl methyl sites for hydroxylation is 1. The summed E-state index contributed by atoms with van der Waals surface area (Å²) in [4.78, 5) is 28.2. The van der Waals surface area contributed by atoms with Crippen LogP contribution in [-0.2, 0) is 16.1 Å². The summed E-state index contributed by atoms with van der Waals surface area (Å²) in [6.45, 7) is 2.07. The maximum atomic E-state index is 13.5. The maximum Gasteiger partial charge on any atom is 0.278 e. The fourth-order valence-corrected chi connectivity index (χ4v) is 3.81. The first-order valence-corrected chi connectivity index (χ1v) is 10.7. The number of amides is 2. The Morgan fingerprint density at radius 1 is 0.879 bits per heavy atom. The van der Waals surface area contributed by atoms with Gasteiger partial charge < -0.3 is 14.8 Å². The minimum atomic E-state index is -0.413. The van der Waals surface area contributed by atoms with Crippen molar-refractivity contribution in [3.63, 3.8) is 0 Å². The van der Waals surface area contributed by atoms with Gasteiger partial charge in [-0.05, 0) is 60.0 Å². The summed E-state index contributed by atoms with van der Waals surface area (Å²) in [5.74, 6) is 0.432. The Morgan fingerprint density at radius 3 is 2.21 bits per heavy atom. The van der Waals surface area contributed by atoms with Crippen LogP contribution in [0.25, 0.3) is 5.57 Å². The van der Waals surface area contributed by atoms with Crippen molar-refractivity contribution >= 4 is 34.7 Å². The standard InChI is InChI=1S/C26H23ClN2O4/c1-16-4-13-22(33-3)21(14-16)28-24-23(18-7-11-20(32-2)12-8-18)25(30)29(26(24)31)15-17-5-9-19(27)10-6-17/h4-14,28H,15H2,1-3H3. The van der Waals surface area contributed by atoms with Gasteiger partial charge in [-0.3, -0.25) is 14.5 Å². The van der Waals surface area contributed by atoms with E-state index in [1.165, 1.54) is 4.90 Å². The van der Waals surface area contributed by atoms with Gasteiger partial charge in [0.2, 0.25) is 0 Å². The molecule has 0 aromatic heterocycles. The number of benzene rings is 3. The Kier molecular flexibility index (Phi) is 6.38. The van der Waals surface area contributed by atoms with Gasteiger partial charge >= 0.3 is 0 Å². The number of imide groups is 1. The summed E-state index contributed by atoms with van der Waals surface area (Å²) in [5.41, 5.74) is 3.49. The highest BCUT2D eigenvalue weighted by Gasteiger charge is 2.39. The number of hydrogen-bond acceptors (Lipinski definition) is 5. The number of hydrogen-bond donors (Lipinski definition) is 1. The molecule has 1 aliphatic rings. The van der Waals surface area contributed by atoms with Gasteiger partial charge in [-0.15, -0.1) is 0 Å². The highest BCUT2D eigenvalue weighted by molar-refractivity contribution is 6.36. The molecule has 0 spiro atoms. The van der Waals surface area contributed by atoms with E-state index < -0.39 is 5.91 Å². The molecule has 7 heteroatoms. The Bertz CT molecular complexity index is 1230. The molecule has 0 radical (unpaired) electrons. The number of anilines is 1. The topological polar surface area (TPSA) is 67.9 Å². The summed E-state index contributed by atoms with van der Waals surface area (Å²) < 4.78 is 10.7. The van der Waals surface area contributed by atoms with Crippen LogP contribution in [0.2, 0.25) is 5.02 Å². The van der Waals surface area contributed by atoms with Crippen LogP contribution in [0, 0.1) is 6.92 Å². The molecule has 0 fully saturated rings. The second kappa shape index (κ2) is 9.38. The first-order chi connectivity index (χ1) is 15.9. The fourth-order valence-electron chi connectivity index (χ4n) is 3.69. The van der Waals surface area contributed by atoms with E-state index in [0.717, 1.165) is 11.1 Å². The number of methoxy groups -OCH3 is 2. The molecule has 0 saturated carbocycles. The molecule has 1 aliphatic heterocycles. The van der Waals surface area contributed by atoms with E-state index in [1.54, 1.807) is 62.8 Å². The Balaban J connectivity index is 1.77. The van der Waals surface area contributed by atoms with Gasteiger partial charge in [0.05, 0.1) is 32.0 Å². The third-order valence-corrected chi connectivity index (χ3v) is 5.67. The lowest BCUT2D eigenvalue weighted by Crippen LogP contribution is -2.32. The van der Waals surface area contributed by atoms with Crippen molar-refractivity contribution < 1.29 is 19.1 Å². The molecule has 1 heterocycles. The molecule has 0 saturated heterocycles. The van der Waals surface area contributed by atoms with Gasteiger partial charge in [0, 0.05) is 5.02 Å². The average Bonchev–Trinajstić information content (AvgIpc) is 3.05. The first kappa shape index (κ1) is 22.4. The smallest absolute Gasteiger partial charge is 0.278 e. The Hall–Kier alpha value is -3.77. The lowest BCUT2D eigenvalue weighted by Gasteiger charge is -2.16. The quantitative estimate of drug-likeness (QED) is 0.497.